The van der Waals surface area contributed by atoms with E-state index in [-0.39, 0.29) is 0 Å². The molecule has 158 valence electrons. The number of benzene rings is 5. The van der Waals surface area contributed by atoms with Gasteiger partial charge in [-0.2, -0.15) is 0 Å². The smallest absolute Gasteiger partial charge is 0.0347 e. The van der Waals surface area contributed by atoms with Crippen molar-refractivity contribution in [2.75, 3.05) is 0 Å². The Balaban J connectivity index is 1.60. The van der Waals surface area contributed by atoms with Gasteiger partial charge in [-0.15, -0.1) is 0 Å². The van der Waals surface area contributed by atoms with Crippen molar-refractivity contribution in [3.63, 3.8) is 0 Å². The predicted molar refractivity (Wildman–Crippen MR) is 142 cm³/mol. The van der Waals surface area contributed by atoms with E-state index in [1.807, 2.05) is 23.5 Å². The molecule has 0 nitrogen and oxygen atoms in total. The molecule has 0 fully saturated rings. The lowest BCUT2D eigenvalue weighted by molar-refractivity contribution is 1.12. The molecule has 5 aromatic rings. The summed E-state index contributed by atoms with van der Waals surface area (Å²) in [6.45, 7) is 2.23. The Morgan fingerprint density at radius 1 is 0.364 bits per heavy atom. The molecule has 6 rings (SSSR count). The molecule has 0 saturated heterocycles. The summed E-state index contributed by atoms with van der Waals surface area (Å²) in [5, 5.41) is 0. The van der Waals surface area contributed by atoms with Crippen LogP contribution < -0.4 is 0 Å². The highest BCUT2D eigenvalue weighted by atomic mass is 32.2. The highest BCUT2D eigenvalue weighted by Crippen LogP contribution is 2.57. The minimum absolute atomic E-state index is 1.26. The normalized spacial score (nSPS) is 12.2. The van der Waals surface area contributed by atoms with Gasteiger partial charge in [0.15, 0.2) is 0 Å². The SMILES string of the molecule is Cc1ccc(-c2ccccc2)c2c1Sc1c(-c3ccccc3)ccc(-c3ccccc3)c1S2. The van der Waals surface area contributed by atoms with E-state index in [2.05, 4.69) is 122 Å². The molecule has 0 bridgehead atoms. The molecule has 0 unspecified atom stereocenters. The molecule has 5 aromatic carbocycles. The van der Waals surface area contributed by atoms with E-state index in [0.29, 0.717) is 0 Å². The van der Waals surface area contributed by atoms with Gasteiger partial charge in [0.2, 0.25) is 0 Å². The van der Waals surface area contributed by atoms with Crippen molar-refractivity contribution < 1.29 is 0 Å². The third-order valence-electron chi connectivity index (χ3n) is 6.08. The Morgan fingerprint density at radius 3 is 1.12 bits per heavy atom. The van der Waals surface area contributed by atoms with E-state index in [4.69, 9.17) is 0 Å². The lowest BCUT2D eigenvalue weighted by Gasteiger charge is -2.27. The van der Waals surface area contributed by atoms with Crippen LogP contribution in [-0.2, 0) is 0 Å². The van der Waals surface area contributed by atoms with Crippen molar-refractivity contribution in [1.29, 1.82) is 0 Å². The van der Waals surface area contributed by atoms with Crippen LogP contribution in [-0.4, -0.2) is 0 Å². The van der Waals surface area contributed by atoms with Crippen molar-refractivity contribution in [3.8, 4) is 33.4 Å². The van der Waals surface area contributed by atoms with E-state index >= 15 is 0 Å². The molecule has 1 aliphatic rings. The standard InChI is InChI=1S/C31H22S2/c1-21-17-18-25(22-11-5-2-6-12-22)29-28(21)32-30-26(23-13-7-3-8-14-23)19-20-27(31(30)33-29)24-15-9-4-10-16-24/h2-20H,1H3. The Labute approximate surface area is 203 Å². The van der Waals surface area contributed by atoms with E-state index in [9.17, 15) is 0 Å². The molecule has 0 N–H and O–H groups in total. The van der Waals surface area contributed by atoms with Crippen LogP contribution in [0.5, 0.6) is 0 Å². The molecule has 2 heteroatoms. The number of rotatable bonds is 3. The monoisotopic (exact) mass is 458 g/mol. The first-order chi connectivity index (χ1) is 16.3. The van der Waals surface area contributed by atoms with Crippen LogP contribution in [0.3, 0.4) is 0 Å². The van der Waals surface area contributed by atoms with Gasteiger partial charge < -0.3 is 0 Å². The third kappa shape index (κ3) is 3.70. The summed E-state index contributed by atoms with van der Waals surface area (Å²) in [4.78, 5) is 5.44. The molecule has 33 heavy (non-hydrogen) atoms. The first kappa shape index (κ1) is 20.4. The highest BCUT2D eigenvalue weighted by molar-refractivity contribution is 8.05. The lowest BCUT2D eigenvalue weighted by Crippen LogP contribution is -1.99. The van der Waals surface area contributed by atoms with Gasteiger partial charge in [-0.1, -0.05) is 139 Å². The minimum Gasteiger partial charge on any atom is -0.0867 e. The highest BCUT2D eigenvalue weighted by Gasteiger charge is 2.27. The van der Waals surface area contributed by atoms with Gasteiger partial charge in [-0.05, 0) is 45.9 Å². The Morgan fingerprint density at radius 2 is 0.697 bits per heavy atom. The van der Waals surface area contributed by atoms with Crippen LogP contribution in [0.2, 0.25) is 0 Å². The largest absolute Gasteiger partial charge is 0.0867 e. The van der Waals surface area contributed by atoms with Gasteiger partial charge in [-0.3, -0.25) is 0 Å². The summed E-state index contributed by atoms with van der Waals surface area (Å²) in [6.07, 6.45) is 0. The average molecular weight is 459 g/mol. The average Bonchev–Trinajstić information content (AvgIpc) is 2.89. The second-order valence-corrected chi connectivity index (χ2v) is 10.3. The summed E-state index contributed by atoms with van der Waals surface area (Å²) in [6, 6.07) is 41.4. The Hall–Kier alpha value is -3.20. The molecule has 0 spiro atoms. The van der Waals surface area contributed by atoms with Gasteiger partial charge in [0, 0.05) is 19.6 Å². The van der Waals surface area contributed by atoms with Crippen molar-refractivity contribution in [1.82, 2.24) is 0 Å². The zero-order chi connectivity index (χ0) is 22.2. The van der Waals surface area contributed by atoms with Crippen molar-refractivity contribution in [3.05, 3.63) is 121 Å². The van der Waals surface area contributed by atoms with Crippen LogP contribution in [0.25, 0.3) is 33.4 Å². The summed E-state index contributed by atoms with van der Waals surface area (Å²) in [7, 11) is 0. The van der Waals surface area contributed by atoms with Crippen LogP contribution in [0, 0.1) is 6.92 Å². The van der Waals surface area contributed by atoms with Crippen LogP contribution in [0.15, 0.2) is 135 Å². The number of hydrogen-bond acceptors (Lipinski definition) is 2. The van der Waals surface area contributed by atoms with Crippen LogP contribution >= 0.6 is 23.5 Å². The fraction of sp³-hybridized carbons (Fsp3) is 0.0323. The fourth-order valence-electron chi connectivity index (χ4n) is 4.39. The number of hydrogen-bond donors (Lipinski definition) is 0. The molecule has 0 atom stereocenters. The van der Waals surface area contributed by atoms with Crippen molar-refractivity contribution in [2.45, 2.75) is 26.5 Å². The molecule has 0 aromatic heterocycles. The molecule has 0 saturated carbocycles. The Kier molecular flexibility index (Phi) is 5.33. The van der Waals surface area contributed by atoms with Gasteiger partial charge in [0.25, 0.3) is 0 Å². The zero-order valence-electron chi connectivity index (χ0n) is 18.3. The molecular weight excluding hydrogens is 436 g/mol. The number of aryl methyl sites for hydroxylation is 1. The Bertz CT molecular complexity index is 1440. The van der Waals surface area contributed by atoms with Crippen LogP contribution in [0.4, 0.5) is 0 Å². The second kappa shape index (κ2) is 8.62. The molecule has 0 radical (unpaired) electrons. The van der Waals surface area contributed by atoms with E-state index < -0.39 is 0 Å². The predicted octanol–water partition coefficient (Wildman–Crippen LogP) is 9.61. The maximum absolute atomic E-state index is 2.30. The third-order valence-corrected chi connectivity index (χ3v) is 8.96. The summed E-state index contributed by atoms with van der Waals surface area (Å²) in [5.41, 5.74) is 9.04. The summed E-state index contributed by atoms with van der Waals surface area (Å²) >= 11 is 3.86. The van der Waals surface area contributed by atoms with Gasteiger partial charge in [-0.25, -0.2) is 0 Å². The fourth-order valence-corrected chi connectivity index (χ4v) is 7.28. The second-order valence-electron chi connectivity index (χ2n) is 8.21. The van der Waals surface area contributed by atoms with E-state index in [0.717, 1.165) is 0 Å². The summed E-state index contributed by atoms with van der Waals surface area (Å²) < 4.78 is 0. The quantitative estimate of drug-likeness (QED) is 0.259. The van der Waals surface area contributed by atoms with Gasteiger partial charge in [0.1, 0.15) is 0 Å². The first-order valence-corrected chi connectivity index (χ1v) is 12.8. The lowest BCUT2D eigenvalue weighted by atomic mass is 10.00. The van der Waals surface area contributed by atoms with E-state index in [1.165, 1.54) is 58.5 Å². The molecule has 1 aliphatic heterocycles. The van der Waals surface area contributed by atoms with E-state index in [1.54, 1.807) is 0 Å². The molecule has 0 aliphatic carbocycles. The van der Waals surface area contributed by atoms with Crippen molar-refractivity contribution >= 4 is 23.5 Å². The summed E-state index contributed by atoms with van der Waals surface area (Å²) in [5.74, 6) is 0. The molecule has 0 amide bonds. The zero-order valence-corrected chi connectivity index (χ0v) is 19.9. The topological polar surface area (TPSA) is 0 Å². The van der Waals surface area contributed by atoms with Gasteiger partial charge >= 0.3 is 0 Å². The van der Waals surface area contributed by atoms with Crippen LogP contribution in [0.1, 0.15) is 5.56 Å². The van der Waals surface area contributed by atoms with Crippen molar-refractivity contribution in [2.24, 2.45) is 0 Å². The van der Waals surface area contributed by atoms with Gasteiger partial charge in [0.05, 0.1) is 0 Å². The first-order valence-electron chi connectivity index (χ1n) is 11.1. The number of fused-ring (bicyclic) bond motifs is 2. The minimum atomic E-state index is 1.26. The maximum atomic E-state index is 2.30. The molecular formula is C31H22S2. The molecule has 1 heterocycles. The maximum Gasteiger partial charge on any atom is 0.0347 e.